The average Bonchev–Trinajstić information content (AvgIpc) is 2.66. The second-order valence-corrected chi connectivity index (χ2v) is 8.71. The molecular formula is C18H21BrN2O6S. The number of anilines is 2. The Labute approximate surface area is 172 Å². The third-order valence-electron chi connectivity index (χ3n) is 3.69. The fraction of sp³-hybridized carbons (Fsp3) is 0.278. The van der Waals surface area contributed by atoms with E-state index in [0.717, 1.165) is 0 Å². The molecule has 0 aliphatic carbocycles. The molecule has 0 fully saturated rings. The molecule has 1 unspecified atom stereocenters. The Balaban J connectivity index is 2.35. The Bertz CT molecular complexity index is 937. The number of carbonyl (C=O) groups is 1. The number of amides is 1. The fourth-order valence-corrected chi connectivity index (χ4v) is 3.54. The van der Waals surface area contributed by atoms with Crippen LogP contribution in [0.1, 0.15) is 6.92 Å². The van der Waals surface area contributed by atoms with Gasteiger partial charge in [-0.15, -0.1) is 0 Å². The Morgan fingerprint density at radius 3 is 2.11 bits per heavy atom. The van der Waals surface area contributed by atoms with Gasteiger partial charge in [-0.05, 0) is 25.1 Å². The zero-order valence-electron chi connectivity index (χ0n) is 15.8. The summed E-state index contributed by atoms with van der Waals surface area (Å²) >= 11 is 3.16. The van der Waals surface area contributed by atoms with Crippen LogP contribution in [-0.4, -0.2) is 40.5 Å². The number of benzene rings is 2. The number of ether oxygens (including phenoxy) is 3. The molecule has 2 aromatic carbocycles. The summed E-state index contributed by atoms with van der Waals surface area (Å²) in [5, 5.41) is 2.63. The largest absolute Gasteiger partial charge is 0.493 e. The lowest BCUT2D eigenvalue weighted by Crippen LogP contribution is -2.20. The van der Waals surface area contributed by atoms with Gasteiger partial charge in [0.05, 0.1) is 36.7 Å². The van der Waals surface area contributed by atoms with Crippen molar-refractivity contribution in [1.82, 2.24) is 0 Å². The van der Waals surface area contributed by atoms with Crippen LogP contribution in [0.25, 0.3) is 0 Å². The fourth-order valence-electron chi connectivity index (χ4n) is 2.34. The Morgan fingerprint density at radius 1 is 1.00 bits per heavy atom. The molecule has 0 saturated heterocycles. The van der Waals surface area contributed by atoms with Crippen LogP contribution in [-0.2, 0) is 14.8 Å². The first-order valence-corrected chi connectivity index (χ1v) is 10.5. The highest BCUT2D eigenvalue weighted by Gasteiger charge is 2.19. The van der Waals surface area contributed by atoms with Gasteiger partial charge in [-0.25, -0.2) is 8.42 Å². The van der Waals surface area contributed by atoms with Crippen molar-refractivity contribution >= 4 is 43.2 Å². The van der Waals surface area contributed by atoms with Crippen molar-refractivity contribution in [2.75, 3.05) is 31.4 Å². The van der Waals surface area contributed by atoms with E-state index in [1.54, 1.807) is 13.0 Å². The van der Waals surface area contributed by atoms with Gasteiger partial charge in [0.15, 0.2) is 11.5 Å². The van der Waals surface area contributed by atoms with E-state index in [2.05, 4.69) is 26.0 Å². The van der Waals surface area contributed by atoms with Crippen LogP contribution >= 0.6 is 15.9 Å². The van der Waals surface area contributed by atoms with Gasteiger partial charge in [0.1, 0.15) is 0 Å². The lowest BCUT2D eigenvalue weighted by atomic mass is 10.2. The lowest BCUT2D eigenvalue weighted by molar-refractivity contribution is -0.115. The molecule has 152 valence electrons. The van der Waals surface area contributed by atoms with Gasteiger partial charge in [0.25, 0.3) is 10.0 Å². The Kier molecular flexibility index (Phi) is 7.14. The van der Waals surface area contributed by atoms with Gasteiger partial charge in [0, 0.05) is 17.8 Å². The number of sulfonamides is 1. The van der Waals surface area contributed by atoms with Crippen molar-refractivity contribution in [3.05, 3.63) is 36.4 Å². The minimum atomic E-state index is -3.93. The van der Waals surface area contributed by atoms with E-state index in [0.29, 0.717) is 22.9 Å². The van der Waals surface area contributed by atoms with Gasteiger partial charge >= 0.3 is 0 Å². The summed E-state index contributed by atoms with van der Waals surface area (Å²) in [5.41, 5.74) is 0.599. The first kappa shape index (κ1) is 21.8. The summed E-state index contributed by atoms with van der Waals surface area (Å²) in [5.74, 6) is 0.687. The molecule has 1 atom stereocenters. The Hall–Kier alpha value is -2.46. The zero-order valence-corrected chi connectivity index (χ0v) is 18.2. The summed E-state index contributed by atoms with van der Waals surface area (Å²) < 4.78 is 43.7. The van der Waals surface area contributed by atoms with Crippen LogP contribution in [0.15, 0.2) is 41.3 Å². The molecule has 0 heterocycles. The van der Waals surface area contributed by atoms with Gasteiger partial charge < -0.3 is 19.5 Å². The summed E-state index contributed by atoms with van der Waals surface area (Å²) in [6.07, 6.45) is 0. The van der Waals surface area contributed by atoms with E-state index in [1.165, 1.54) is 51.7 Å². The predicted octanol–water partition coefficient (Wildman–Crippen LogP) is 3.24. The Morgan fingerprint density at radius 2 is 1.61 bits per heavy atom. The molecule has 2 aromatic rings. The molecule has 0 aliphatic rings. The smallest absolute Gasteiger partial charge is 0.261 e. The molecule has 28 heavy (non-hydrogen) atoms. The topological polar surface area (TPSA) is 103 Å². The lowest BCUT2D eigenvalue weighted by Gasteiger charge is -2.15. The maximum atomic E-state index is 12.8. The molecule has 2 rings (SSSR count). The molecule has 1 amide bonds. The summed E-state index contributed by atoms with van der Waals surface area (Å²) in [7, 11) is 0.404. The maximum absolute atomic E-state index is 12.8. The summed E-state index contributed by atoms with van der Waals surface area (Å²) in [6.45, 7) is 1.67. The monoisotopic (exact) mass is 472 g/mol. The van der Waals surface area contributed by atoms with Crippen molar-refractivity contribution < 1.29 is 27.4 Å². The zero-order chi connectivity index (χ0) is 20.9. The number of halogens is 1. The maximum Gasteiger partial charge on any atom is 0.261 e. The van der Waals surface area contributed by atoms with Crippen molar-refractivity contribution in [2.45, 2.75) is 16.6 Å². The molecule has 2 N–H and O–H groups in total. The highest BCUT2D eigenvalue weighted by Crippen LogP contribution is 2.40. The van der Waals surface area contributed by atoms with Gasteiger partial charge in [-0.1, -0.05) is 22.0 Å². The van der Waals surface area contributed by atoms with Crippen molar-refractivity contribution in [3.8, 4) is 17.2 Å². The third kappa shape index (κ3) is 5.08. The predicted molar refractivity (Wildman–Crippen MR) is 110 cm³/mol. The molecule has 10 heteroatoms. The number of methoxy groups -OCH3 is 3. The SMILES string of the molecule is COc1cc(NS(=O)(=O)c2cccc(NC(=O)C(C)Br)c2)cc(OC)c1OC. The van der Waals surface area contributed by atoms with Crippen molar-refractivity contribution in [2.24, 2.45) is 0 Å². The molecule has 8 nitrogen and oxygen atoms in total. The number of alkyl halides is 1. The number of carbonyl (C=O) groups excluding carboxylic acids is 1. The second-order valence-electron chi connectivity index (χ2n) is 5.65. The second kappa shape index (κ2) is 9.16. The standard InChI is InChI=1S/C18H21BrN2O6S/c1-11(19)18(22)20-12-6-5-7-14(8-12)28(23,24)21-13-9-15(25-2)17(27-4)16(10-13)26-3/h5-11,21H,1-4H3,(H,20,22). The van der Waals surface area contributed by atoms with Crippen LogP contribution in [0.2, 0.25) is 0 Å². The van der Waals surface area contributed by atoms with E-state index in [1.807, 2.05) is 0 Å². The molecular weight excluding hydrogens is 452 g/mol. The van der Waals surface area contributed by atoms with Crippen LogP contribution in [0.3, 0.4) is 0 Å². The number of nitrogens with one attached hydrogen (secondary N) is 2. The number of hydrogen-bond donors (Lipinski definition) is 2. The quantitative estimate of drug-likeness (QED) is 0.571. The minimum absolute atomic E-state index is 0.0127. The molecule has 0 aliphatic heterocycles. The van der Waals surface area contributed by atoms with E-state index >= 15 is 0 Å². The van der Waals surface area contributed by atoms with E-state index in [-0.39, 0.29) is 16.5 Å². The number of hydrogen-bond acceptors (Lipinski definition) is 6. The first-order valence-electron chi connectivity index (χ1n) is 8.09. The van der Waals surface area contributed by atoms with E-state index in [9.17, 15) is 13.2 Å². The third-order valence-corrected chi connectivity index (χ3v) is 5.48. The molecule has 0 bridgehead atoms. The van der Waals surface area contributed by atoms with Crippen LogP contribution in [0.5, 0.6) is 17.2 Å². The van der Waals surface area contributed by atoms with Crippen LogP contribution < -0.4 is 24.2 Å². The molecule has 0 spiro atoms. The van der Waals surface area contributed by atoms with Crippen molar-refractivity contribution in [3.63, 3.8) is 0 Å². The average molecular weight is 473 g/mol. The molecule has 0 radical (unpaired) electrons. The molecule has 0 aromatic heterocycles. The highest BCUT2D eigenvalue weighted by molar-refractivity contribution is 9.10. The summed E-state index contributed by atoms with van der Waals surface area (Å²) in [6, 6.07) is 8.90. The molecule has 0 saturated carbocycles. The first-order chi connectivity index (χ1) is 13.2. The van der Waals surface area contributed by atoms with Gasteiger partial charge in [-0.3, -0.25) is 9.52 Å². The van der Waals surface area contributed by atoms with Crippen molar-refractivity contribution in [1.29, 1.82) is 0 Å². The van der Waals surface area contributed by atoms with Crippen LogP contribution in [0.4, 0.5) is 11.4 Å². The van der Waals surface area contributed by atoms with E-state index < -0.39 is 14.9 Å². The highest BCUT2D eigenvalue weighted by atomic mass is 79.9. The normalized spacial score (nSPS) is 12.0. The van der Waals surface area contributed by atoms with Gasteiger partial charge in [-0.2, -0.15) is 0 Å². The van der Waals surface area contributed by atoms with E-state index in [4.69, 9.17) is 14.2 Å². The minimum Gasteiger partial charge on any atom is -0.493 e. The number of rotatable bonds is 8. The van der Waals surface area contributed by atoms with Crippen LogP contribution in [0, 0.1) is 0 Å². The van der Waals surface area contributed by atoms with Gasteiger partial charge in [0.2, 0.25) is 11.7 Å². The summed E-state index contributed by atoms with van der Waals surface area (Å²) in [4.78, 5) is 11.4.